The number of carboxylic acid groups (broad SMARTS) is 1. The molecule has 2 aromatic carbocycles. The molecule has 0 aliphatic carbocycles. The highest BCUT2D eigenvalue weighted by Crippen LogP contribution is 2.29. The number of aromatic carboxylic acids is 1. The van der Waals surface area contributed by atoms with Crippen molar-refractivity contribution in [1.82, 2.24) is 9.78 Å². The van der Waals surface area contributed by atoms with E-state index in [0.717, 1.165) is 11.1 Å². The van der Waals surface area contributed by atoms with E-state index in [9.17, 15) is 18.3 Å². The van der Waals surface area contributed by atoms with Gasteiger partial charge in [-0.05, 0) is 38.1 Å². The van der Waals surface area contributed by atoms with Crippen LogP contribution in [-0.2, 0) is 10.0 Å². The molecule has 1 heterocycles. The lowest BCUT2D eigenvalue weighted by Crippen LogP contribution is -2.12. The normalized spacial score (nSPS) is 11.5. The summed E-state index contributed by atoms with van der Waals surface area (Å²) in [6.07, 6.45) is 0. The third-order valence-corrected chi connectivity index (χ3v) is 4.99. The molecule has 3 aromatic rings. The summed E-state index contributed by atoms with van der Waals surface area (Å²) in [6, 6.07) is 13.4. The van der Waals surface area contributed by atoms with E-state index in [1.165, 1.54) is 28.9 Å². The van der Waals surface area contributed by atoms with Crippen molar-refractivity contribution in [2.24, 2.45) is 5.14 Å². The van der Waals surface area contributed by atoms with Crippen molar-refractivity contribution >= 4 is 16.0 Å². The van der Waals surface area contributed by atoms with Gasteiger partial charge >= 0.3 is 5.97 Å². The molecular weight excluding hydrogens is 354 g/mol. The van der Waals surface area contributed by atoms with Crippen molar-refractivity contribution in [3.8, 4) is 16.9 Å². The number of hydrogen-bond acceptors (Lipinski definition) is 4. The summed E-state index contributed by atoms with van der Waals surface area (Å²) >= 11 is 0. The van der Waals surface area contributed by atoms with Gasteiger partial charge in [-0.2, -0.15) is 5.10 Å². The number of sulfonamides is 1. The third kappa shape index (κ3) is 3.24. The number of benzene rings is 2. The lowest BCUT2D eigenvalue weighted by molar-refractivity contribution is 0.0689. The smallest absolute Gasteiger partial charge is 0.356 e. The van der Waals surface area contributed by atoms with Crippen LogP contribution < -0.4 is 5.14 Å². The van der Waals surface area contributed by atoms with E-state index < -0.39 is 16.0 Å². The van der Waals surface area contributed by atoms with Crippen LogP contribution in [0.25, 0.3) is 16.9 Å². The molecule has 0 fully saturated rings. The summed E-state index contributed by atoms with van der Waals surface area (Å²) < 4.78 is 24.3. The zero-order chi connectivity index (χ0) is 19.1. The van der Waals surface area contributed by atoms with Gasteiger partial charge in [0.05, 0.1) is 16.3 Å². The van der Waals surface area contributed by atoms with Gasteiger partial charge in [0.15, 0.2) is 5.69 Å². The second-order valence-electron chi connectivity index (χ2n) is 5.94. The Morgan fingerprint density at radius 1 is 1.04 bits per heavy atom. The van der Waals surface area contributed by atoms with E-state index in [1.807, 2.05) is 31.2 Å². The molecular formula is C18H17N3O4S. The molecule has 1 aromatic heterocycles. The zero-order valence-electron chi connectivity index (χ0n) is 14.2. The largest absolute Gasteiger partial charge is 0.476 e. The average molecular weight is 371 g/mol. The topological polar surface area (TPSA) is 115 Å². The summed E-state index contributed by atoms with van der Waals surface area (Å²) in [5.74, 6) is -1.13. The fourth-order valence-electron chi connectivity index (χ4n) is 2.71. The number of carboxylic acids is 1. The molecule has 0 unspecified atom stereocenters. The Balaban J connectivity index is 2.22. The Morgan fingerprint density at radius 2 is 1.62 bits per heavy atom. The predicted molar refractivity (Wildman–Crippen MR) is 96.8 cm³/mol. The number of aromatic nitrogens is 2. The molecule has 0 spiro atoms. The fourth-order valence-corrected chi connectivity index (χ4v) is 3.23. The summed E-state index contributed by atoms with van der Waals surface area (Å²) in [7, 11) is -3.81. The van der Waals surface area contributed by atoms with Crippen LogP contribution in [0.4, 0.5) is 0 Å². The highest BCUT2D eigenvalue weighted by Gasteiger charge is 2.21. The fraction of sp³-hybridized carbons (Fsp3) is 0.111. The van der Waals surface area contributed by atoms with Gasteiger partial charge in [0.25, 0.3) is 0 Å². The first-order chi connectivity index (χ1) is 12.2. The van der Waals surface area contributed by atoms with Crippen LogP contribution in [0.3, 0.4) is 0 Å². The molecule has 0 aliphatic heterocycles. The van der Waals surface area contributed by atoms with Gasteiger partial charge in [0.2, 0.25) is 10.0 Å². The maximum Gasteiger partial charge on any atom is 0.356 e. The maximum absolute atomic E-state index is 11.5. The Bertz CT molecular complexity index is 1080. The van der Waals surface area contributed by atoms with Gasteiger partial charge < -0.3 is 5.11 Å². The molecule has 0 amide bonds. The van der Waals surface area contributed by atoms with E-state index in [-0.39, 0.29) is 10.6 Å². The molecule has 8 heteroatoms. The summed E-state index contributed by atoms with van der Waals surface area (Å²) in [4.78, 5) is 11.5. The van der Waals surface area contributed by atoms with Crippen molar-refractivity contribution in [2.45, 2.75) is 18.7 Å². The molecule has 0 radical (unpaired) electrons. The number of nitrogens with zero attached hydrogens (tertiary/aromatic N) is 2. The Labute approximate surface area is 150 Å². The summed E-state index contributed by atoms with van der Waals surface area (Å²) in [6.45, 7) is 3.66. The number of primary sulfonamides is 1. The van der Waals surface area contributed by atoms with Gasteiger partial charge in [-0.15, -0.1) is 0 Å². The highest BCUT2D eigenvalue weighted by atomic mass is 32.2. The molecule has 26 heavy (non-hydrogen) atoms. The van der Waals surface area contributed by atoms with E-state index in [2.05, 4.69) is 5.10 Å². The Kier molecular flexibility index (Phi) is 4.39. The number of carbonyl (C=O) groups is 1. The van der Waals surface area contributed by atoms with E-state index in [1.54, 1.807) is 6.92 Å². The minimum absolute atomic E-state index is 0.0273. The van der Waals surface area contributed by atoms with Crippen LogP contribution in [0.5, 0.6) is 0 Å². The molecule has 3 rings (SSSR count). The summed E-state index contributed by atoms with van der Waals surface area (Å²) in [5.41, 5.74) is 3.51. The van der Waals surface area contributed by atoms with Crippen molar-refractivity contribution in [2.75, 3.05) is 0 Å². The van der Waals surface area contributed by atoms with Crippen molar-refractivity contribution in [3.63, 3.8) is 0 Å². The monoisotopic (exact) mass is 371 g/mol. The minimum atomic E-state index is -3.81. The first kappa shape index (κ1) is 17.8. The SMILES string of the molecule is Cc1ccc(-c2c(C)c(C(=O)O)nn2-c2ccc(S(N)(=O)=O)cc2)cc1. The Hall–Kier alpha value is -2.97. The predicted octanol–water partition coefficient (Wildman–Crippen LogP) is 2.50. The van der Waals surface area contributed by atoms with Crippen LogP contribution in [0.15, 0.2) is 53.4 Å². The van der Waals surface area contributed by atoms with Crippen molar-refractivity contribution < 1.29 is 18.3 Å². The number of hydrogen-bond donors (Lipinski definition) is 2. The maximum atomic E-state index is 11.5. The standard InChI is InChI=1S/C18H17N3O4S/c1-11-3-5-13(6-4-11)17-12(2)16(18(22)23)20-21(17)14-7-9-15(10-8-14)26(19,24)25/h3-10H,1-2H3,(H,22,23)(H2,19,24,25). The lowest BCUT2D eigenvalue weighted by Gasteiger charge is -2.10. The van der Waals surface area contributed by atoms with E-state index >= 15 is 0 Å². The molecule has 3 N–H and O–H groups in total. The minimum Gasteiger partial charge on any atom is -0.476 e. The molecule has 0 bridgehead atoms. The molecule has 0 atom stereocenters. The second kappa shape index (κ2) is 6.40. The zero-order valence-corrected chi connectivity index (χ0v) is 15.0. The third-order valence-electron chi connectivity index (χ3n) is 4.06. The van der Waals surface area contributed by atoms with Crippen LogP contribution >= 0.6 is 0 Å². The molecule has 134 valence electrons. The first-order valence-corrected chi connectivity index (χ1v) is 9.26. The van der Waals surface area contributed by atoms with Gasteiger partial charge in [-0.25, -0.2) is 23.0 Å². The number of aryl methyl sites for hydroxylation is 1. The molecule has 7 nitrogen and oxygen atoms in total. The van der Waals surface area contributed by atoms with Crippen LogP contribution in [0, 0.1) is 13.8 Å². The van der Waals surface area contributed by atoms with Gasteiger partial charge in [0.1, 0.15) is 0 Å². The van der Waals surface area contributed by atoms with Gasteiger partial charge in [-0.1, -0.05) is 29.8 Å². The quantitative estimate of drug-likeness (QED) is 0.731. The number of nitrogens with two attached hydrogens (primary N) is 1. The van der Waals surface area contributed by atoms with Crippen molar-refractivity contribution in [1.29, 1.82) is 0 Å². The van der Waals surface area contributed by atoms with E-state index in [4.69, 9.17) is 5.14 Å². The van der Waals surface area contributed by atoms with Gasteiger partial charge in [-0.3, -0.25) is 0 Å². The van der Waals surface area contributed by atoms with Crippen LogP contribution in [0.2, 0.25) is 0 Å². The lowest BCUT2D eigenvalue weighted by atomic mass is 10.0. The average Bonchev–Trinajstić information content (AvgIpc) is 2.92. The second-order valence-corrected chi connectivity index (χ2v) is 7.51. The van der Waals surface area contributed by atoms with Crippen molar-refractivity contribution in [3.05, 3.63) is 65.4 Å². The van der Waals surface area contributed by atoms with Crippen LogP contribution in [-0.4, -0.2) is 29.3 Å². The molecule has 0 aliphatic rings. The van der Waals surface area contributed by atoms with Crippen LogP contribution in [0.1, 0.15) is 21.6 Å². The highest BCUT2D eigenvalue weighted by molar-refractivity contribution is 7.89. The first-order valence-electron chi connectivity index (χ1n) is 7.71. The Morgan fingerprint density at radius 3 is 2.12 bits per heavy atom. The summed E-state index contributed by atoms with van der Waals surface area (Å²) in [5, 5.41) is 18.7. The number of rotatable bonds is 4. The van der Waals surface area contributed by atoms with E-state index in [0.29, 0.717) is 16.9 Å². The molecule has 0 saturated heterocycles. The molecule has 0 saturated carbocycles. The van der Waals surface area contributed by atoms with Gasteiger partial charge in [0, 0.05) is 11.1 Å².